The molecule has 3 nitrogen and oxygen atoms in total. The van der Waals surface area contributed by atoms with Crippen molar-refractivity contribution in [2.75, 3.05) is 0 Å². The highest BCUT2D eigenvalue weighted by Gasteiger charge is 2.46. The average Bonchev–Trinajstić information content (AvgIpc) is 2.29. The Labute approximate surface area is 102 Å². The van der Waals surface area contributed by atoms with Crippen molar-refractivity contribution in [3.63, 3.8) is 0 Å². The van der Waals surface area contributed by atoms with Gasteiger partial charge in [-0.25, -0.2) is 0 Å². The molecule has 3 N–H and O–H groups in total. The lowest BCUT2D eigenvalue weighted by molar-refractivity contribution is 0.0586. The highest BCUT2D eigenvalue weighted by Crippen LogP contribution is 2.39. The molecule has 2 rings (SSSR count). The van der Waals surface area contributed by atoms with E-state index in [2.05, 4.69) is 19.2 Å². The molecule has 2 unspecified atom stereocenters. The first-order valence-corrected chi connectivity index (χ1v) is 6.05. The van der Waals surface area contributed by atoms with Crippen molar-refractivity contribution in [2.45, 2.75) is 39.3 Å². The maximum atomic E-state index is 12.1. The van der Waals surface area contributed by atoms with Gasteiger partial charge in [0.1, 0.15) is 0 Å². The van der Waals surface area contributed by atoms with Crippen LogP contribution in [0.25, 0.3) is 0 Å². The Bertz CT molecular complexity index is 440. The number of carbonyl (C=O) groups excluding carboxylic acids is 1. The van der Waals surface area contributed by atoms with Crippen LogP contribution in [0, 0.1) is 12.3 Å². The van der Waals surface area contributed by atoms with Gasteiger partial charge in [-0.05, 0) is 25.0 Å². The van der Waals surface area contributed by atoms with Crippen molar-refractivity contribution in [1.82, 2.24) is 5.32 Å². The van der Waals surface area contributed by atoms with E-state index in [9.17, 15) is 4.79 Å². The topological polar surface area (TPSA) is 55.1 Å². The van der Waals surface area contributed by atoms with Crippen LogP contribution in [0.1, 0.15) is 36.2 Å². The lowest BCUT2D eigenvalue weighted by atomic mass is 9.63. The van der Waals surface area contributed by atoms with Crippen LogP contribution in [-0.4, -0.2) is 18.0 Å². The molecular weight excluding hydrogens is 212 g/mol. The quantitative estimate of drug-likeness (QED) is 0.817. The lowest BCUT2D eigenvalue weighted by Gasteiger charge is -2.50. The first-order valence-electron chi connectivity index (χ1n) is 6.05. The molecule has 1 amide bonds. The van der Waals surface area contributed by atoms with E-state index in [4.69, 9.17) is 5.73 Å². The molecule has 1 saturated carbocycles. The molecule has 0 saturated heterocycles. The largest absolute Gasteiger partial charge is 0.349 e. The fraction of sp³-hybridized carbons (Fsp3) is 0.500. The molecule has 17 heavy (non-hydrogen) atoms. The zero-order valence-corrected chi connectivity index (χ0v) is 10.7. The standard InChI is InChI=1S/C14H20N2O/c1-9-6-4-5-7-10(9)13(17)16-12-8-11(15)14(12,2)3/h4-7,11-12H,8,15H2,1-3H3,(H,16,17). The summed E-state index contributed by atoms with van der Waals surface area (Å²) < 4.78 is 0. The second-order valence-corrected chi connectivity index (χ2v) is 5.50. The van der Waals surface area contributed by atoms with Crippen molar-refractivity contribution < 1.29 is 4.79 Å². The second-order valence-electron chi connectivity index (χ2n) is 5.50. The third kappa shape index (κ3) is 2.07. The average molecular weight is 232 g/mol. The van der Waals surface area contributed by atoms with Crippen LogP contribution in [0.3, 0.4) is 0 Å². The summed E-state index contributed by atoms with van der Waals surface area (Å²) in [6.45, 7) is 6.15. The molecule has 0 aromatic heterocycles. The van der Waals surface area contributed by atoms with Crippen molar-refractivity contribution >= 4 is 5.91 Å². The van der Waals surface area contributed by atoms with Gasteiger partial charge in [-0.15, -0.1) is 0 Å². The van der Waals surface area contributed by atoms with Gasteiger partial charge in [-0.3, -0.25) is 4.79 Å². The third-order valence-corrected chi connectivity index (χ3v) is 4.04. The van der Waals surface area contributed by atoms with Gasteiger partial charge in [-0.1, -0.05) is 32.0 Å². The maximum absolute atomic E-state index is 12.1. The predicted octanol–water partition coefficient (Wildman–Crippen LogP) is 1.85. The Morgan fingerprint density at radius 1 is 1.41 bits per heavy atom. The number of carbonyl (C=O) groups is 1. The Hall–Kier alpha value is -1.35. The SMILES string of the molecule is Cc1ccccc1C(=O)NC1CC(N)C1(C)C. The van der Waals surface area contributed by atoms with Gasteiger partial charge in [0, 0.05) is 23.1 Å². The Morgan fingerprint density at radius 2 is 2.06 bits per heavy atom. The van der Waals surface area contributed by atoms with Gasteiger partial charge < -0.3 is 11.1 Å². The van der Waals surface area contributed by atoms with Crippen LogP contribution in [0.2, 0.25) is 0 Å². The molecule has 0 bridgehead atoms. The number of hydrogen-bond acceptors (Lipinski definition) is 2. The fourth-order valence-electron chi connectivity index (χ4n) is 2.27. The smallest absolute Gasteiger partial charge is 0.251 e. The van der Waals surface area contributed by atoms with Crippen molar-refractivity contribution in [3.05, 3.63) is 35.4 Å². The van der Waals surface area contributed by atoms with Gasteiger partial charge >= 0.3 is 0 Å². The van der Waals surface area contributed by atoms with Gasteiger partial charge in [-0.2, -0.15) is 0 Å². The summed E-state index contributed by atoms with van der Waals surface area (Å²) in [6, 6.07) is 8.01. The summed E-state index contributed by atoms with van der Waals surface area (Å²) in [5.41, 5.74) is 7.70. The third-order valence-electron chi connectivity index (χ3n) is 4.04. The first-order chi connectivity index (χ1) is 7.93. The molecule has 1 aliphatic rings. The van der Waals surface area contributed by atoms with Crippen LogP contribution in [-0.2, 0) is 0 Å². The van der Waals surface area contributed by atoms with E-state index >= 15 is 0 Å². The summed E-state index contributed by atoms with van der Waals surface area (Å²) >= 11 is 0. The summed E-state index contributed by atoms with van der Waals surface area (Å²) in [7, 11) is 0. The van der Waals surface area contributed by atoms with Gasteiger partial charge in [0.05, 0.1) is 0 Å². The minimum Gasteiger partial charge on any atom is -0.349 e. The monoisotopic (exact) mass is 232 g/mol. The van der Waals surface area contributed by atoms with Crippen LogP contribution >= 0.6 is 0 Å². The number of amides is 1. The maximum Gasteiger partial charge on any atom is 0.251 e. The summed E-state index contributed by atoms with van der Waals surface area (Å²) in [4.78, 5) is 12.1. The van der Waals surface area contributed by atoms with Crippen molar-refractivity contribution in [2.24, 2.45) is 11.1 Å². The number of rotatable bonds is 2. The molecule has 92 valence electrons. The Morgan fingerprint density at radius 3 is 2.59 bits per heavy atom. The van der Waals surface area contributed by atoms with Crippen LogP contribution in [0.4, 0.5) is 0 Å². The highest BCUT2D eigenvalue weighted by atomic mass is 16.1. The van der Waals surface area contributed by atoms with Crippen LogP contribution < -0.4 is 11.1 Å². The van der Waals surface area contributed by atoms with Crippen LogP contribution in [0.5, 0.6) is 0 Å². The zero-order chi connectivity index (χ0) is 12.6. The molecule has 1 fully saturated rings. The molecule has 0 heterocycles. The van der Waals surface area contributed by atoms with E-state index in [1.165, 1.54) is 0 Å². The van der Waals surface area contributed by atoms with E-state index in [1.807, 2.05) is 31.2 Å². The molecule has 3 heteroatoms. The fourth-order valence-corrected chi connectivity index (χ4v) is 2.27. The van der Waals surface area contributed by atoms with Crippen molar-refractivity contribution in [1.29, 1.82) is 0 Å². The molecule has 0 spiro atoms. The molecule has 2 atom stereocenters. The number of hydrogen-bond donors (Lipinski definition) is 2. The van der Waals surface area contributed by atoms with E-state index in [0.29, 0.717) is 0 Å². The van der Waals surface area contributed by atoms with E-state index in [0.717, 1.165) is 17.5 Å². The van der Waals surface area contributed by atoms with Gasteiger partial charge in [0.25, 0.3) is 5.91 Å². The molecular formula is C14H20N2O. The minimum absolute atomic E-state index is 0.00164. The second kappa shape index (κ2) is 4.15. The number of benzene rings is 1. The van der Waals surface area contributed by atoms with Crippen molar-refractivity contribution in [3.8, 4) is 0 Å². The zero-order valence-electron chi connectivity index (χ0n) is 10.7. The van der Waals surface area contributed by atoms with E-state index in [-0.39, 0.29) is 23.4 Å². The van der Waals surface area contributed by atoms with Gasteiger partial charge in [0.15, 0.2) is 0 Å². The number of nitrogens with two attached hydrogens (primary N) is 1. The molecule has 1 aromatic rings. The van der Waals surface area contributed by atoms with E-state index < -0.39 is 0 Å². The first kappa shape index (κ1) is 12.1. The summed E-state index contributed by atoms with van der Waals surface area (Å²) in [5.74, 6) is 0.00748. The summed E-state index contributed by atoms with van der Waals surface area (Å²) in [6.07, 6.45) is 0.866. The molecule has 1 aliphatic carbocycles. The lowest BCUT2D eigenvalue weighted by Crippen LogP contribution is -2.64. The summed E-state index contributed by atoms with van der Waals surface area (Å²) in [5, 5.41) is 3.08. The highest BCUT2D eigenvalue weighted by molar-refractivity contribution is 5.95. The molecule has 1 aromatic carbocycles. The van der Waals surface area contributed by atoms with E-state index in [1.54, 1.807) is 0 Å². The predicted molar refractivity (Wildman–Crippen MR) is 68.8 cm³/mol. The number of aryl methyl sites for hydroxylation is 1. The Kier molecular flexibility index (Phi) is 2.96. The molecule has 0 aliphatic heterocycles. The van der Waals surface area contributed by atoms with Gasteiger partial charge in [0.2, 0.25) is 0 Å². The number of nitrogens with one attached hydrogen (secondary N) is 1. The Balaban J connectivity index is 2.07. The van der Waals surface area contributed by atoms with Crippen LogP contribution in [0.15, 0.2) is 24.3 Å². The normalized spacial score (nSPS) is 26.1. The minimum atomic E-state index is -0.00164. The molecule has 0 radical (unpaired) electrons.